The molecule has 0 saturated heterocycles. The van der Waals surface area contributed by atoms with Gasteiger partial charge in [-0.15, -0.1) is 0 Å². The number of furan rings is 1. The zero-order chi connectivity index (χ0) is 25.8. The summed E-state index contributed by atoms with van der Waals surface area (Å²) in [6.45, 7) is 0. The van der Waals surface area contributed by atoms with Crippen LogP contribution < -0.4 is 4.90 Å². The fraction of sp³-hybridized carbons (Fsp3) is 0.0278. The summed E-state index contributed by atoms with van der Waals surface area (Å²) in [5, 5.41) is 4.63. The van der Waals surface area contributed by atoms with Crippen LogP contribution in [0.4, 0.5) is 22.7 Å². The molecule has 2 heterocycles. The molecule has 0 amide bonds. The van der Waals surface area contributed by atoms with Crippen molar-refractivity contribution in [2.24, 2.45) is 4.99 Å². The first-order valence-electron chi connectivity index (χ1n) is 13.3. The van der Waals surface area contributed by atoms with Gasteiger partial charge in [0.25, 0.3) is 0 Å². The lowest BCUT2D eigenvalue weighted by atomic mass is 10.0. The number of hydrogen-bond acceptors (Lipinski definition) is 3. The van der Waals surface area contributed by atoms with Crippen LogP contribution in [-0.4, -0.2) is 5.71 Å². The second-order valence-electron chi connectivity index (χ2n) is 10.1. The van der Waals surface area contributed by atoms with Crippen molar-refractivity contribution >= 4 is 61.2 Å². The largest absolute Gasteiger partial charge is 0.456 e. The molecule has 7 aromatic rings. The highest BCUT2D eigenvalue weighted by atomic mass is 16.3. The van der Waals surface area contributed by atoms with Gasteiger partial charge in [0, 0.05) is 34.3 Å². The molecule has 1 aliphatic rings. The highest BCUT2D eigenvalue weighted by Crippen LogP contribution is 2.41. The van der Waals surface area contributed by atoms with E-state index in [1.54, 1.807) is 0 Å². The smallest absolute Gasteiger partial charge is 0.135 e. The molecule has 0 unspecified atom stereocenters. The molecule has 0 atom stereocenters. The number of rotatable bonds is 4. The monoisotopic (exact) mass is 500 g/mol. The fourth-order valence-corrected chi connectivity index (χ4v) is 5.73. The number of hydrogen-bond donors (Lipinski definition) is 0. The molecule has 0 spiro atoms. The summed E-state index contributed by atoms with van der Waals surface area (Å²) in [5.41, 5.74) is 9.62. The molecule has 0 bridgehead atoms. The van der Waals surface area contributed by atoms with Crippen LogP contribution in [0.5, 0.6) is 0 Å². The van der Waals surface area contributed by atoms with Crippen molar-refractivity contribution in [3.63, 3.8) is 0 Å². The standard InChI is InChI=1S/C36H24N2O/c1-3-10-25(11-4-1)33-20-27-21-36-32(23-34(27)37-33)31-22-30(17-18-35(31)39-36)38(28-13-5-2-6-14-28)29-16-15-24-9-7-8-12-26(24)19-29/h1-19,21-23H,20H2. The molecule has 0 fully saturated rings. The molecule has 3 heteroatoms. The number of aliphatic imine (C=N–C) groups is 1. The van der Waals surface area contributed by atoms with Crippen LogP contribution in [0.2, 0.25) is 0 Å². The van der Waals surface area contributed by atoms with Crippen molar-refractivity contribution in [2.45, 2.75) is 6.42 Å². The lowest BCUT2D eigenvalue weighted by Gasteiger charge is -2.25. The lowest BCUT2D eigenvalue weighted by molar-refractivity contribution is 0.668. The van der Waals surface area contributed by atoms with Crippen LogP contribution in [0.1, 0.15) is 11.1 Å². The van der Waals surface area contributed by atoms with E-state index in [-0.39, 0.29) is 0 Å². The molecular formula is C36H24N2O. The zero-order valence-electron chi connectivity index (χ0n) is 21.2. The minimum absolute atomic E-state index is 0.821. The first-order chi connectivity index (χ1) is 19.3. The van der Waals surface area contributed by atoms with Crippen LogP contribution in [0, 0.1) is 0 Å². The Kier molecular flexibility index (Phi) is 4.89. The van der Waals surface area contributed by atoms with E-state index in [9.17, 15) is 0 Å². The van der Waals surface area contributed by atoms with Gasteiger partial charge in [0.05, 0.1) is 11.4 Å². The summed E-state index contributed by atoms with van der Waals surface area (Å²) in [4.78, 5) is 7.31. The predicted octanol–water partition coefficient (Wildman–Crippen LogP) is 9.89. The molecule has 0 N–H and O–H groups in total. The fourth-order valence-electron chi connectivity index (χ4n) is 5.73. The van der Waals surface area contributed by atoms with Crippen molar-refractivity contribution < 1.29 is 4.42 Å². The van der Waals surface area contributed by atoms with Crippen LogP contribution in [-0.2, 0) is 6.42 Å². The van der Waals surface area contributed by atoms with Gasteiger partial charge in [-0.05, 0) is 76.5 Å². The Labute approximate surface area is 226 Å². The molecule has 6 aromatic carbocycles. The summed E-state index contributed by atoms with van der Waals surface area (Å²) < 4.78 is 6.35. The Hall–Kier alpha value is -5.15. The molecule has 0 radical (unpaired) electrons. The first kappa shape index (κ1) is 21.9. The molecule has 0 saturated carbocycles. The summed E-state index contributed by atoms with van der Waals surface area (Å²) in [5.74, 6) is 0. The number of para-hydroxylation sites is 1. The second kappa shape index (κ2) is 8.71. The third kappa shape index (κ3) is 3.71. The molecule has 1 aliphatic heterocycles. The number of anilines is 3. The molecule has 184 valence electrons. The van der Waals surface area contributed by atoms with Gasteiger partial charge < -0.3 is 9.32 Å². The molecular weight excluding hydrogens is 476 g/mol. The first-order valence-corrected chi connectivity index (χ1v) is 13.3. The van der Waals surface area contributed by atoms with E-state index in [1.807, 2.05) is 6.07 Å². The summed E-state index contributed by atoms with van der Waals surface area (Å²) in [7, 11) is 0. The SMILES string of the molecule is c1ccc(C2=Nc3cc4c(cc3C2)oc2ccc(N(c3ccccc3)c3ccc5ccccc5c3)cc24)cc1. The number of fused-ring (bicyclic) bond motifs is 5. The van der Waals surface area contributed by atoms with Gasteiger partial charge in [0.15, 0.2) is 0 Å². The Bertz CT molecular complexity index is 2040. The van der Waals surface area contributed by atoms with Crippen molar-refractivity contribution in [3.05, 3.63) is 145 Å². The maximum absolute atomic E-state index is 6.35. The van der Waals surface area contributed by atoms with E-state index >= 15 is 0 Å². The van der Waals surface area contributed by atoms with Gasteiger partial charge in [0.2, 0.25) is 0 Å². The number of nitrogens with zero attached hydrogens (tertiary/aromatic N) is 2. The van der Waals surface area contributed by atoms with Gasteiger partial charge >= 0.3 is 0 Å². The van der Waals surface area contributed by atoms with E-state index < -0.39 is 0 Å². The maximum atomic E-state index is 6.35. The minimum atomic E-state index is 0.821. The van der Waals surface area contributed by atoms with E-state index in [0.29, 0.717) is 0 Å². The van der Waals surface area contributed by atoms with Crippen LogP contribution in [0.15, 0.2) is 143 Å². The van der Waals surface area contributed by atoms with Gasteiger partial charge in [-0.3, -0.25) is 4.99 Å². The van der Waals surface area contributed by atoms with Crippen molar-refractivity contribution in [2.75, 3.05) is 4.90 Å². The van der Waals surface area contributed by atoms with Gasteiger partial charge in [0.1, 0.15) is 11.2 Å². The quantitative estimate of drug-likeness (QED) is 0.241. The Morgan fingerprint density at radius 3 is 2.08 bits per heavy atom. The Morgan fingerprint density at radius 1 is 0.538 bits per heavy atom. The van der Waals surface area contributed by atoms with Crippen LogP contribution in [0.25, 0.3) is 32.7 Å². The third-order valence-electron chi connectivity index (χ3n) is 7.64. The van der Waals surface area contributed by atoms with Crippen molar-refractivity contribution in [1.29, 1.82) is 0 Å². The molecule has 1 aromatic heterocycles. The maximum Gasteiger partial charge on any atom is 0.135 e. The van der Waals surface area contributed by atoms with Gasteiger partial charge in [-0.25, -0.2) is 0 Å². The van der Waals surface area contributed by atoms with Gasteiger partial charge in [-0.2, -0.15) is 0 Å². The average molecular weight is 501 g/mol. The van der Waals surface area contributed by atoms with E-state index in [4.69, 9.17) is 9.41 Å². The normalized spacial score (nSPS) is 12.7. The summed E-state index contributed by atoms with van der Waals surface area (Å²) in [6, 6.07) is 46.9. The third-order valence-corrected chi connectivity index (χ3v) is 7.64. The van der Waals surface area contributed by atoms with Crippen LogP contribution >= 0.6 is 0 Å². The lowest BCUT2D eigenvalue weighted by Crippen LogP contribution is -2.09. The summed E-state index contributed by atoms with van der Waals surface area (Å²) >= 11 is 0. The Balaban J connectivity index is 1.28. The predicted molar refractivity (Wildman–Crippen MR) is 162 cm³/mol. The van der Waals surface area contributed by atoms with Crippen molar-refractivity contribution in [1.82, 2.24) is 0 Å². The summed E-state index contributed by atoms with van der Waals surface area (Å²) in [6.07, 6.45) is 0.821. The van der Waals surface area contributed by atoms with Crippen molar-refractivity contribution in [3.8, 4) is 0 Å². The molecule has 39 heavy (non-hydrogen) atoms. The minimum Gasteiger partial charge on any atom is -0.456 e. The second-order valence-corrected chi connectivity index (χ2v) is 10.1. The topological polar surface area (TPSA) is 28.7 Å². The molecule has 8 rings (SSSR count). The average Bonchev–Trinajstić information content (AvgIpc) is 3.57. The van der Waals surface area contributed by atoms with E-state index in [1.165, 1.54) is 21.9 Å². The molecule has 3 nitrogen and oxygen atoms in total. The number of benzene rings is 6. The zero-order valence-corrected chi connectivity index (χ0v) is 21.2. The van der Waals surface area contributed by atoms with E-state index in [2.05, 4.69) is 132 Å². The van der Waals surface area contributed by atoms with Crippen LogP contribution in [0.3, 0.4) is 0 Å². The van der Waals surface area contributed by atoms with Gasteiger partial charge in [-0.1, -0.05) is 78.9 Å². The highest BCUT2D eigenvalue weighted by Gasteiger charge is 2.20. The highest BCUT2D eigenvalue weighted by molar-refractivity contribution is 6.11. The van der Waals surface area contributed by atoms with E-state index in [0.717, 1.165) is 56.8 Å². The molecule has 0 aliphatic carbocycles. The Morgan fingerprint density at radius 2 is 1.23 bits per heavy atom.